The van der Waals surface area contributed by atoms with Gasteiger partial charge in [0.1, 0.15) is 5.69 Å². The van der Waals surface area contributed by atoms with Gasteiger partial charge in [0.05, 0.1) is 17.2 Å². The van der Waals surface area contributed by atoms with Crippen molar-refractivity contribution in [1.82, 2.24) is 15.3 Å². The molecule has 3 fully saturated rings. The Balaban J connectivity index is 1.32. The van der Waals surface area contributed by atoms with Crippen LogP contribution >= 0.6 is 11.3 Å². The van der Waals surface area contributed by atoms with Gasteiger partial charge >= 0.3 is 0 Å². The van der Waals surface area contributed by atoms with Gasteiger partial charge in [-0.1, -0.05) is 0 Å². The fourth-order valence-corrected chi connectivity index (χ4v) is 5.39. The Bertz CT molecular complexity index is 832. The minimum Gasteiger partial charge on any atom is -0.369 e. The number of nitrogens with one attached hydrogen (secondary N) is 1. The first kappa shape index (κ1) is 16.1. The highest BCUT2D eigenvalue weighted by molar-refractivity contribution is 7.07. The molecule has 0 saturated carbocycles. The topological polar surface area (TPSA) is 67.4 Å². The molecule has 3 saturated heterocycles. The number of fused-ring (bicyclic) bond motifs is 1. The number of aromatic nitrogens is 2. The fourth-order valence-electron chi connectivity index (χ4n) is 4.86. The third-order valence-corrected chi connectivity index (χ3v) is 6.57. The third kappa shape index (κ3) is 2.43. The largest absolute Gasteiger partial charge is 0.369 e. The van der Waals surface area contributed by atoms with Gasteiger partial charge in [-0.05, 0) is 25.0 Å². The van der Waals surface area contributed by atoms with E-state index in [1.54, 1.807) is 23.2 Å². The molecule has 0 radical (unpaired) electrons. The molecule has 4 atom stereocenters. The number of pyridine rings is 1. The first-order valence-electron chi connectivity index (χ1n) is 8.86. The summed E-state index contributed by atoms with van der Waals surface area (Å²) in [5.74, 6) is 0.468. The highest BCUT2D eigenvalue weighted by Gasteiger charge is 2.63. The van der Waals surface area contributed by atoms with Crippen LogP contribution in [0.5, 0.6) is 0 Å². The van der Waals surface area contributed by atoms with Gasteiger partial charge in [0.25, 0.3) is 5.91 Å². The van der Waals surface area contributed by atoms with Gasteiger partial charge in [0.2, 0.25) is 0 Å². The molecule has 5 heterocycles. The summed E-state index contributed by atoms with van der Waals surface area (Å²) in [4.78, 5) is 22.5. The lowest BCUT2D eigenvalue weighted by Gasteiger charge is -2.29. The van der Waals surface area contributed by atoms with E-state index >= 15 is 0 Å². The molecule has 3 aliphatic rings. The minimum atomic E-state index is -0.299. The van der Waals surface area contributed by atoms with Crippen molar-refractivity contribution < 1.29 is 13.9 Å². The van der Waals surface area contributed by atoms with Crippen molar-refractivity contribution in [3.05, 3.63) is 40.7 Å². The first-order valence-corrected chi connectivity index (χ1v) is 9.80. The predicted molar refractivity (Wildman–Crippen MR) is 94.7 cm³/mol. The number of rotatable bonds is 4. The molecule has 1 spiro atoms. The Kier molecular flexibility index (Phi) is 3.72. The predicted octanol–water partition coefficient (Wildman–Crippen LogP) is 2.09. The maximum atomic E-state index is 14.2. The molecule has 5 rings (SSSR count). The van der Waals surface area contributed by atoms with E-state index in [1.165, 1.54) is 17.4 Å². The van der Waals surface area contributed by atoms with Crippen LogP contribution in [-0.2, 0) is 4.74 Å². The fraction of sp³-hybridized carbons (Fsp3) is 0.500. The van der Waals surface area contributed by atoms with Gasteiger partial charge in [-0.15, -0.1) is 11.3 Å². The molecule has 2 aromatic rings. The number of hydrogen-bond donors (Lipinski definition) is 1. The number of nitrogens with zero attached hydrogens (tertiary/aromatic N) is 3. The molecular formula is C18H19FN4O2S. The molecule has 1 amide bonds. The summed E-state index contributed by atoms with van der Waals surface area (Å²) in [7, 11) is 0. The second-order valence-electron chi connectivity index (χ2n) is 7.30. The maximum absolute atomic E-state index is 14.2. The lowest BCUT2D eigenvalue weighted by Crippen LogP contribution is -2.42. The van der Waals surface area contributed by atoms with E-state index < -0.39 is 0 Å². The number of carbonyl (C=O) groups excluding carboxylic acids is 1. The monoisotopic (exact) mass is 374 g/mol. The summed E-state index contributed by atoms with van der Waals surface area (Å²) in [6, 6.07) is 3.05. The quantitative estimate of drug-likeness (QED) is 0.888. The molecule has 2 aromatic heterocycles. The van der Waals surface area contributed by atoms with Gasteiger partial charge in [-0.3, -0.25) is 4.79 Å². The van der Waals surface area contributed by atoms with E-state index in [1.807, 2.05) is 4.90 Å². The molecule has 136 valence electrons. The molecule has 0 aliphatic carbocycles. The van der Waals surface area contributed by atoms with Gasteiger partial charge < -0.3 is 15.0 Å². The van der Waals surface area contributed by atoms with E-state index in [2.05, 4.69) is 15.3 Å². The Morgan fingerprint density at radius 3 is 3.23 bits per heavy atom. The molecule has 1 N–H and O–H groups in total. The number of amides is 1. The van der Waals surface area contributed by atoms with Gasteiger partial charge in [0, 0.05) is 43.0 Å². The summed E-state index contributed by atoms with van der Waals surface area (Å²) >= 11 is 1.41. The first-order chi connectivity index (χ1) is 12.7. The van der Waals surface area contributed by atoms with Crippen LogP contribution in [0.15, 0.2) is 29.2 Å². The number of anilines is 1. The number of halogens is 1. The van der Waals surface area contributed by atoms with Crippen LogP contribution in [0.2, 0.25) is 0 Å². The van der Waals surface area contributed by atoms with Crippen LogP contribution < -0.4 is 10.2 Å². The Morgan fingerprint density at radius 1 is 1.50 bits per heavy atom. The molecule has 3 aliphatic heterocycles. The minimum absolute atomic E-state index is 0.145. The zero-order valence-electron chi connectivity index (χ0n) is 14.1. The second kappa shape index (κ2) is 5.99. The zero-order chi connectivity index (χ0) is 17.7. The average molecular weight is 374 g/mol. The number of carbonyl (C=O) groups is 1. The highest BCUT2D eigenvalue weighted by Crippen LogP contribution is 2.55. The lowest BCUT2D eigenvalue weighted by atomic mass is 9.73. The summed E-state index contributed by atoms with van der Waals surface area (Å²) in [6.45, 7) is 1.94. The summed E-state index contributed by atoms with van der Waals surface area (Å²) in [6.07, 6.45) is 3.77. The summed E-state index contributed by atoms with van der Waals surface area (Å²) in [5.41, 5.74) is 1.88. The normalized spacial score (nSPS) is 32.0. The smallest absolute Gasteiger partial charge is 0.270 e. The van der Waals surface area contributed by atoms with Crippen LogP contribution in [0.25, 0.3) is 0 Å². The van der Waals surface area contributed by atoms with Crippen molar-refractivity contribution in [3.63, 3.8) is 0 Å². The second-order valence-corrected chi connectivity index (χ2v) is 8.02. The van der Waals surface area contributed by atoms with E-state index in [0.29, 0.717) is 31.1 Å². The molecule has 6 nitrogen and oxygen atoms in total. The molecule has 8 heteroatoms. The molecular weight excluding hydrogens is 355 g/mol. The number of ether oxygens (including phenoxy) is 1. The van der Waals surface area contributed by atoms with Crippen molar-refractivity contribution in [3.8, 4) is 0 Å². The van der Waals surface area contributed by atoms with E-state index in [9.17, 15) is 9.18 Å². The van der Waals surface area contributed by atoms with Gasteiger partial charge in [-0.2, -0.15) is 0 Å². The Hall–Kier alpha value is -2.06. The van der Waals surface area contributed by atoms with Gasteiger partial charge in [0.15, 0.2) is 11.6 Å². The van der Waals surface area contributed by atoms with Crippen molar-refractivity contribution in [2.24, 2.45) is 11.8 Å². The Labute approximate surface area is 154 Å². The number of thiazole rings is 1. The summed E-state index contributed by atoms with van der Waals surface area (Å²) in [5, 5.41) is 4.75. The maximum Gasteiger partial charge on any atom is 0.270 e. The number of hydrogen-bond acceptors (Lipinski definition) is 6. The third-order valence-electron chi connectivity index (χ3n) is 5.99. The van der Waals surface area contributed by atoms with Crippen LogP contribution in [-0.4, -0.2) is 47.2 Å². The summed E-state index contributed by atoms with van der Waals surface area (Å²) < 4.78 is 20.5. The van der Waals surface area contributed by atoms with Crippen LogP contribution in [0.1, 0.15) is 23.3 Å². The Morgan fingerprint density at radius 2 is 2.42 bits per heavy atom. The van der Waals surface area contributed by atoms with Crippen molar-refractivity contribution in [1.29, 1.82) is 0 Å². The van der Waals surface area contributed by atoms with Crippen LogP contribution in [0, 0.1) is 17.7 Å². The van der Waals surface area contributed by atoms with Crippen LogP contribution in [0.4, 0.5) is 10.2 Å². The molecule has 0 aromatic carbocycles. The highest BCUT2D eigenvalue weighted by atomic mass is 32.1. The lowest BCUT2D eigenvalue weighted by molar-refractivity contribution is 0.0141. The van der Waals surface area contributed by atoms with E-state index in [0.717, 1.165) is 12.8 Å². The van der Waals surface area contributed by atoms with Gasteiger partial charge in [-0.25, -0.2) is 14.4 Å². The molecule has 2 bridgehead atoms. The van der Waals surface area contributed by atoms with Crippen molar-refractivity contribution >= 4 is 23.1 Å². The van der Waals surface area contributed by atoms with E-state index in [4.69, 9.17) is 4.74 Å². The van der Waals surface area contributed by atoms with Crippen LogP contribution in [0.3, 0.4) is 0 Å². The van der Waals surface area contributed by atoms with Crippen molar-refractivity contribution in [2.75, 3.05) is 24.5 Å². The van der Waals surface area contributed by atoms with E-state index in [-0.39, 0.29) is 35.3 Å². The molecule has 26 heavy (non-hydrogen) atoms. The molecule has 0 unspecified atom stereocenters. The standard InChI is InChI=1S/C18H19FN4O2S/c19-13-2-1-5-20-16(13)23-7-12-11(15-3-4-18(12,9-23)25-15)6-21-17(24)14-8-26-10-22-14/h1-2,5,8,10-12,15H,3-4,6-7,9H2,(H,21,24)/t11-,12+,15+,18+/m0/s1. The zero-order valence-corrected chi connectivity index (χ0v) is 14.9. The SMILES string of the molecule is O=C(NC[C@H]1[C@H]2CN(c3ncccc3F)C[C@]23CC[C@H]1O3)c1cscn1. The van der Waals surface area contributed by atoms with Crippen molar-refractivity contribution in [2.45, 2.75) is 24.5 Å². The average Bonchev–Trinajstić information content (AvgIpc) is 3.40.